The number of nitrogens with one attached hydrogen (secondary N) is 1. The average Bonchev–Trinajstić information content (AvgIpc) is 2.82. The maximum Gasteiger partial charge on any atom is 0.165 e. The monoisotopic (exact) mass is 423 g/mol. The Bertz CT molecular complexity index is 1220. The number of fused-ring (bicyclic) bond motifs is 1. The Labute approximate surface area is 190 Å². The quantitative estimate of drug-likeness (QED) is 0.292. The van der Waals surface area contributed by atoms with Gasteiger partial charge < -0.3 is 14.8 Å². The number of anilines is 1. The largest absolute Gasteiger partial charge is 0.493 e. The van der Waals surface area contributed by atoms with Gasteiger partial charge in [-0.1, -0.05) is 60.7 Å². The summed E-state index contributed by atoms with van der Waals surface area (Å²) in [5.74, 6) is 1.52. The molecule has 162 valence electrons. The zero-order valence-corrected chi connectivity index (χ0v) is 18.7. The summed E-state index contributed by atoms with van der Waals surface area (Å²) in [4.78, 5) is 0. The van der Waals surface area contributed by atoms with Crippen molar-refractivity contribution in [2.24, 2.45) is 0 Å². The molecule has 0 fully saturated rings. The summed E-state index contributed by atoms with van der Waals surface area (Å²) in [6, 6.07) is 27.3. The van der Waals surface area contributed by atoms with Crippen LogP contribution in [0.1, 0.15) is 22.3 Å². The summed E-state index contributed by atoms with van der Waals surface area (Å²) >= 11 is 0. The highest BCUT2D eigenvalue weighted by Gasteiger charge is 2.14. The lowest BCUT2D eigenvalue weighted by Gasteiger charge is -2.18. The van der Waals surface area contributed by atoms with Crippen molar-refractivity contribution < 1.29 is 9.47 Å². The molecule has 0 aliphatic carbocycles. The van der Waals surface area contributed by atoms with E-state index in [0.717, 1.165) is 33.9 Å². The van der Waals surface area contributed by atoms with Crippen molar-refractivity contribution in [2.45, 2.75) is 26.5 Å². The molecular weight excluding hydrogens is 394 g/mol. The number of ether oxygens (including phenoxy) is 2. The van der Waals surface area contributed by atoms with Crippen molar-refractivity contribution in [3.05, 3.63) is 114 Å². The minimum atomic E-state index is 0.475. The van der Waals surface area contributed by atoms with Gasteiger partial charge in [-0.25, -0.2) is 0 Å². The molecule has 32 heavy (non-hydrogen) atoms. The lowest BCUT2D eigenvalue weighted by Crippen LogP contribution is -2.05. The molecule has 4 aromatic carbocycles. The fourth-order valence-corrected chi connectivity index (χ4v) is 3.98. The number of hydrogen-bond acceptors (Lipinski definition) is 3. The van der Waals surface area contributed by atoms with Gasteiger partial charge in [0.2, 0.25) is 0 Å². The van der Waals surface area contributed by atoms with Gasteiger partial charge in [0.25, 0.3) is 0 Å². The number of allylic oxidation sites excluding steroid dienone is 1. The molecule has 3 heteroatoms. The molecular formula is C29H29NO2. The third kappa shape index (κ3) is 4.94. The van der Waals surface area contributed by atoms with Gasteiger partial charge in [0.1, 0.15) is 6.61 Å². The first-order valence-corrected chi connectivity index (χ1v) is 10.9. The Hall–Kier alpha value is -3.72. The van der Waals surface area contributed by atoms with Crippen LogP contribution in [0.25, 0.3) is 10.8 Å². The molecule has 0 saturated carbocycles. The third-order valence-electron chi connectivity index (χ3n) is 5.54. The van der Waals surface area contributed by atoms with Gasteiger partial charge in [-0.15, -0.1) is 6.58 Å². The second-order valence-corrected chi connectivity index (χ2v) is 7.93. The van der Waals surface area contributed by atoms with E-state index in [0.29, 0.717) is 19.6 Å². The molecule has 0 unspecified atom stereocenters. The highest BCUT2D eigenvalue weighted by molar-refractivity contribution is 5.85. The van der Waals surface area contributed by atoms with E-state index >= 15 is 0 Å². The van der Waals surface area contributed by atoms with Crippen molar-refractivity contribution in [3.8, 4) is 11.5 Å². The molecule has 0 spiro atoms. The Morgan fingerprint density at radius 2 is 1.72 bits per heavy atom. The van der Waals surface area contributed by atoms with E-state index in [9.17, 15) is 0 Å². The number of rotatable bonds is 9. The minimum Gasteiger partial charge on any atom is -0.493 e. The summed E-state index contributed by atoms with van der Waals surface area (Å²) in [6.07, 6.45) is 2.61. The fourth-order valence-electron chi connectivity index (χ4n) is 3.98. The summed E-state index contributed by atoms with van der Waals surface area (Å²) in [5.41, 5.74) is 5.70. The van der Waals surface area contributed by atoms with Crippen LogP contribution in [0.3, 0.4) is 0 Å². The van der Waals surface area contributed by atoms with E-state index in [4.69, 9.17) is 9.47 Å². The summed E-state index contributed by atoms with van der Waals surface area (Å²) < 4.78 is 12.1. The van der Waals surface area contributed by atoms with E-state index < -0.39 is 0 Å². The Morgan fingerprint density at radius 1 is 0.906 bits per heavy atom. The van der Waals surface area contributed by atoms with Crippen molar-refractivity contribution >= 4 is 16.5 Å². The Balaban J connectivity index is 1.58. The second kappa shape index (κ2) is 10.1. The molecule has 0 atom stereocenters. The molecule has 0 aromatic heterocycles. The van der Waals surface area contributed by atoms with Gasteiger partial charge in [-0.3, -0.25) is 0 Å². The predicted molar refractivity (Wildman–Crippen MR) is 134 cm³/mol. The van der Waals surface area contributed by atoms with Crippen LogP contribution in [-0.4, -0.2) is 7.11 Å². The van der Waals surface area contributed by atoms with Gasteiger partial charge in [0, 0.05) is 17.8 Å². The minimum absolute atomic E-state index is 0.475. The topological polar surface area (TPSA) is 30.5 Å². The van der Waals surface area contributed by atoms with Crippen LogP contribution in [0.2, 0.25) is 0 Å². The molecule has 4 aromatic rings. The molecule has 0 aliphatic rings. The van der Waals surface area contributed by atoms with E-state index in [2.05, 4.69) is 91.6 Å². The third-order valence-corrected chi connectivity index (χ3v) is 5.54. The maximum atomic E-state index is 6.35. The summed E-state index contributed by atoms with van der Waals surface area (Å²) in [7, 11) is 1.69. The average molecular weight is 424 g/mol. The van der Waals surface area contributed by atoms with Crippen LogP contribution in [0, 0.1) is 6.92 Å². The number of hydrogen-bond donors (Lipinski definition) is 1. The second-order valence-electron chi connectivity index (χ2n) is 7.93. The number of benzene rings is 4. The molecule has 0 saturated heterocycles. The first-order chi connectivity index (χ1) is 15.7. The highest BCUT2D eigenvalue weighted by atomic mass is 16.5. The molecule has 3 nitrogen and oxygen atoms in total. The first-order valence-electron chi connectivity index (χ1n) is 10.9. The van der Waals surface area contributed by atoms with E-state index in [1.165, 1.54) is 16.3 Å². The molecule has 0 aliphatic heterocycles. The normalized spacial score (nSPS) is 10.7. The zero-order chi connectivity index (χ0) is 22.3. The van der Waals surface area contributed by atoms with Crippen LogP contribution in [0.5, 0.6) is 11.5 Å². The standard InChI is InChI=1S/C29H29NO2/c1-4-9-24-17-22(19-30-26-14-7-10-21(2)16-26)18-28(31-3)29(24)32-20-25-13-8-12-23-11-5-6-15-27(23)25/h4-8,10-18,30H,1,9,19-20H2,2-3H3. The van der Waals surface area contributed by atoms with E-state index in [1.807, 2.05) is 12.1 Å². The van der Waals surface area contributed by atoms with Gasteiger partial charge in [-0.2, -0.15) is 0 Å². The molecule has 1 N–H and O–H groups in total. The number of methoxy groups -OCH3 is 1. The lowest BCUT2D eigenvalue weighted by atomic mass is 10.0. The zero-order valence-electron chi connectivity index (χ0n) is 18.7. The van der Waals surface area contributed by atoms with Crippen molar-refractivity contribution in [1.82, 2.24) is 0 Å². The van der Waals surface area contributed by atoms with Crippen LogP contribution in [0.4, 0.5) is 5.69 Å². The summed E-state index contributed by atoms with van der Waals surface area (Å²) in [5, 5.41) is 5.92. The maximum absolute atomic E-state index is 6.35. The molecule has 0 amide bonds. The molecule has 0 bridgehead atoms. The molecule has 0 radical (unpaired) electrons. The van der Waals surface area contributed by atoms with Crippen LogP contribution in [0.15, 0.2) is 91.5 Å². The van der Waals surface area contributed by atoms with Crippen molar-refractivity contribution in [3.63, 3.8) is 0 Å². The van der Waals surface area contributed by atoms with Crippen molar-refractivity contribution in [1.29, 1.82) is 0 Å². The van der Waals surface area contributed by atoms with Gasteiger partial charge in [0.15, 0.2) is 11.5 Å². The van der Waals surface area contributed by atoms with Gasteiger partial charge in [-0.05, 0) is 65.1 Å². The van der Waals surface area contributed by atoms with Crippen LogP contribution in [-0.2, 0) is 19.6 Å². The Morgan fingerprint density at radius 3 is 2.53 bits per heavy atom. The van der Waals surface area contributed by atoms with Crippen LogP contribution >= 0.6 is 0 Å². The fraction of sp³-hybridized carbons (Fsp3) is 0.172. The first kappa shape index (κ1) is 21.5. The van der Waals surface area contributed by atoms with E-state index in [1.54, 1.807) is 7.11 Å². The predicted octanol–water partition coefficient (Wildman–Crippen LogP) is 7.08. The van der Waals surface area contributed by atoms with Crippen molar-refractivity contribution in [2.75, 3.05) is 12.4 Å². The van der Waals surface area contributed by atoms with E-state index in [-0.39, 0.29) is 0 Å². The Kier molecular flexibility index (Phi) is 6.76. The van der Waals surface area contributed by atoms with Crippen LogP contribution < -0.4 is 14.8 Å². The lowest BCUT2D eigenvalue weighted by molar-refractivity contribution is 0.283. The highest BCUT2D eigenvalue weighted by Crippen LogP contribution is 2.35. The number of aryl methyl sites for hydroxylation is 1. The van der Waals surface area contributed by atoms with Gasteiger partial charge in [0.05, 0.1) is 7.11 Å². The molecule has 4 rings (SSSR count). The SMILES string of the molecule is C=CCc1cc(CNc2cccc(C)c2)cc(OC)c1OCc1cccc2ccccc12. The summed E-state index contributed by atoms with van der Waals surface area (Å²) in [6.45, 7) is 7.21. The smallest absolute Gasteiger partial charge is 0.165 e. The molecule has 0 heterocycles. The van der Waals surface area contributed by atoms with Gasteiger partial charge >= 0.3 is 0 Å².